The predicted octanol–water partition coefficient (Wildman–Crippen LogP) is 0.0354. The summed E-state index contributed by atoms with van der Waals surface area (Å²) in [5, 5.41) is 10.4. The minimum Gasteiger partial charge on any atom is -0.366 e. The number of nitrogens with one attached hydrogen (secondary N) is 1. The summed E-state index contributed by atoms with van der Waals surface area (Å²) >= 11 is 0. The molecule has 8 heteroatoms. The van der Waals surface area contributed by atoms with Gasteiger partial charge < -0.3 is 16.8 Å². The molecule has 0 saturated heterocycles. The minimum absolute atomic E-state index is 0.0251. The second-order valence-corrected chi connectivity index (χ2v) is 4.62. The van der Waals surface area contributed by atoms with Crippen molar-refractivity contribution >= 4 is 17.5 Å². The number of anilines is 1. The molecule has 1 heterocycles. The van der Waals surface area contributed by atoms with Gasteiger partial charge in [0.25, 0.3) is 0 Å². The molecule has 0 fully saturated rings. The molecule has 2 aromatic rings. The monoisotopic (exact) mass is 288 g/mol. The van der Waals surface area contributed by atoms with Crippen molar-refractivity contribution in [2.45, 2.75) is 19.5 Å². The number of aromatic nitrogens is 3. The van der Waals surface area contributed by atoms with E-state index in [1.165, 1.54) is 4.68 Å². The minimum atomic E-state index is -0.515. The standard InChI is InChI=1S/C13H16N6O2/c1-8(14)11-6-19(18-17-11)7-12(20)16-10-4-2-9(3-5-10)13(15)21/h2-6,8H,7,14H2,1H3,(H2,15,21)(H,16,20). The zero-order valence-corrected chi connectivity index (χ0v) is 11.5. The van der Waals surface area contributed by atoms with Crippen molar-refractivity contribution in [2.75, 3.05) is 5.32 Å². The number of carbonyl (C=O) groups excluding carboxylic acids is 2. The van der Waals surface area contributed by atoms with E-state index in [1.807, 2.05) is 0 Å². The molecular weight excluding hydrogens is 272 g/mol. The SMILES string of the molecule is CC(N)c1cn(CC(=O)Nc2ccc(C(N)=O)cc2)nn1. The number of rotatable bonds is 5. The van der Waals surface area contributed by atoms with E-state index in [9.17, 15) is 9.59 Å². The maximum Gasteiger partial charge on any atom is 0.248 e. The van der Waals surface area contributed by atoms with E-state index in [-0.39, 0.29) is 18.5 Å². The van der Waals surface area contributed by atoms with Crippen molar-refractivity contribution in [3.8, 4) is 0 Å². The summed E-state index contributed by atoms with van der Waals surface area (Å²) in [5.74, 6) is -0.776. The lowest BCUT2D eigenvalue weighted by Gasteiger charge is -2.05. The molecule has 0 aliphatic carbocycles. The highest BCUT2D eigenvalue weighted by molar-refractivity contribution is 5.94. The van der Waals surface area contributed by atoms with E-state index < -0.39 is 5.91 Å². The fourth-order valence-electron chi connectivity index (χ4n) is 1.66. The Labute approximate surface area is 121 Å². The first kappa shape index (κ1) is 14.7. The van der Waals surface area contributed by atoms with Crippen molar-refractivity contribution in [1.29, 1.82) is 0 Å². The first-order valence-electron chi connectivity index (χ1n) is 6.31. The number of hydrogen-bond donors (Lipinski definition) is 3. The summed E-state index contributed by atoms with van der Waals surface area (Å²) in [6, 6.07) is 6.06. The Hall–Kier alpha value is -2.74. The van der Waals surface area contributed by atoms with Gasteiger partial charge in [-0.05, 0) is 31.2 Å². The molecule has 1 aromatic heterocycles. The molecule has 0 saturated carbocycles. The molecule has 8 nitrogen and oxygen atoms in total. The lowest BCUT2D eigenvalue weighted by atomic mass is 10.2. The van der Waals surface area contributed by atoms with Gasteiger partial charge in [-0.1, -0.05) is 5.21 Å². The Kier molecular flexibility index (Phi) is 4.29. The highest BCUT2D eigenvalue weighted by Gasteiger charge is 2.09. The third kappa shape index (κ3) is 3.86. The fraction of sp³-hybridized carbons (Fsp3) is 0.231. The number of primary amides is 1. The maximum atomic E-state index is 11.9. The van der Waals surface area contributed by atoms with Crippen LogP contribution in [0.3, 0.4) is 0 Å². The van der Waals surface area contributed by atoms with E-state index in [0.29, 0.717) is 16.9 Å². The smallest absolute Gasteiger partial charge is 0.248 e. The van der Waals surface area contributed by atoms with E-state index in [2.05, 4.69) is 15.6 Å². The van der Waals surface area contributed by atoms with Gasteiger partial charge in [0.1, 0.15) is 6.54 Å². The number of benzene rings is 1. The Morgan fingerprint density at radius 1 is 1.33 bits per heavy atom. The van der Waals surface area contributed by atoms with Crippen molar-refractivity contribution in [1.82, 2.24) is 15.0 Å². The molecule has 2 rings (SSSR count). The molecule has 0 radical (unpaired) electrons. The number of carbonyl (C=O) groups is 2. The van der Waals surface area contributed by atoms with Crippen LogP contribution in [-0.4, -0.2) is 26.8 Å². The molecule has 0 bridgehead atoms. The molecular formula is C13H16N6O2. The molecule has 1 aromatic carbocycles. The number of nitrogens with zero attached hydrogens (tertiary/aromatic N) is 3. The van der Waals surface area contributed by atoms with Crippen LogP contribution >= 0.6 is 0 Å². The van der Waals surface area contributed by atoms with Gasteiger partial charge in [-0.15, -0.1) is 5.10 Å². The Balaban J connectivity index is 1.96. The van der Waals surface area contributed by atoms with Gasteiger partial charge in [0.2, 0.25) is 11.8 Å². The van der Waals surface area contributed by atoms with Crippen LogP contribution < -0.4 is 16.8 Å². The molecule has 5 N–H and O–H groups in total. The van der Waals surface area contributed by atoms with Crippen LogP contribution in [0.2, 0.25) is 0 Å². The summed E-state index contributed by atoms with van der Waals surface area (Å²) in [7, 11) is 0. The lowest BCUT2D eigenvalue weighted by Crippen LogP contribution is -2.19. The Bertz CT molecular complexity index is 647. The van der Waals surface area contributed by atoms with E-state index in [1.54, 1.807) is 37.4 Å². The highest BCUT2D eigenvalue weighted by Crippen LogP contribution is 2.09. The topological polar surface area (TPSA) is 129 Å². The molecule has 110 valence electrons. The first-order chi connectivity index (χ1) is 9.95. The molecule has 0 aliphatic heterocycles. The Morgan fingerprint density at radius 3 is 2.52 bits per heavy atom. The maximum absolute atomic E-state index is 11.9. The molecule has 0 spiro atoms. The molecule has 21 heavy (non-hydrogen) atoms. The van der Waals surface area contributed by atoms with Crippen molar-refractivity contribution in [2.24, 2.45) is 11.5 Å². The van der Waals surface area contributed by atoms with Crippen molar-refractivity contribution < 1.29 is 9.59 Å². The van der Waals surface area contributed by atoms with Crippen molar-refractivity contribution in [3.05, 3.63) is 41.7 Å². The zero-order valence-electron chi connectivity index (χ0n) is 11.5. The predicted molar refractivity (Wildman–Crippen MR) is 76.2 cm³/mol. The summed E-state index contributed by atoms with van der Waals surface area (Å²) in [6.45, 7) is 1.81. The number of hydrogen-bond acceptors (Lipinski definition) is 5. The molecule has 0 aliphatic rings. The second kappa shape index (κ2) is 6.14. The molecule has 1 unspecified atom stereocenters. The van der Waals surface area contributed by atoms with Crippen LogP contribution in [0.1, 0.15) is 29.0 Å². The van der Waals surface area contributed by atoms with Gasteiger partial charge in [0.05, 0.1) is 11.9 Å². The van der Waals surface area contributed by atoms with E-state index >= 15 is 0 Å². The van der Waals surface area contributed by atoms with Gasteiger partial charge in [-0.2, -0.15) is 0 Å². The average molecular weight is 288 g/mol. The van der Waals surface area contributed by atoms with Crippen LogP contribution in [0, 0.1) is 0 Å². The third-order valence-electron chi connectivity index (χ3n) is 2.78. The number of nitrogens with two attached hydrogens (primary N) is 2. The summed E-state index contributed by atoms with van der Waals surface area (Å²) in [6.07, 6.45) is 1.63. The van der Waals surface area contributed by atoms with Crippen LogP contribution in [0.5, 0.6) is 0 Å². The number of amides is 2. The van der Waals surface area contributed by atoms with Crippen LogP contribution in [-0.2, 0) is 11.3 Å². The highest BCUT2D eigenvalue weighted by atomic mass is 16.2. The lowest BCUT2D eigenvalue weighted by molar-refractivity contribution is -0.116. The van der Waals surface area contributed by atoms with Crippen LogP contribution in [0.4, 0.5) is 5.69 Å². The quantitative estimate of drug-likeness (QED) is 0.715. The normalized spacial score (nSPS) is 11.9. The van der Waals surface area contributed by atoms with Crippen LogP contribution in [0.25, 0.3) is 0 Å². The van der Waals surface area contributed by atoms with E-state index in [4.69, 9.17) is 11.5 Å². The van der Waals surface area contributed by atoms with Gasteiger partial charge in [0, 0.05) is 17.3 Å². The van der Waals surface area contributed by atoms with Gasteiger partial charge in [-0.3, -0.25) is 9.59 Å². The largest absolute Gasteiger partial charge is 0.366 e. The third-order valence-corrected chi connectivity index (χ3v) is 2.78. The Morgan fingerprint density at radius 2 is 2.00 bits per heavy atom. The van der Waals surface area contributed by atoms with Gasteiger partial charge in [-0.25, -0.2) is 4.68 Å². The van der Waals surface area contributed by atoms with Crippen LogP contribution in [0.15, 0.2) is 30.5 Å². The molecule has 2 amide bonds. The average Bonchev–Trinajstić information content (AvgIpc) is 2.87. The van der Waals surface area contributed by atoms with Gasteiger partial charge >= 0.3 is 0 Å². The zero-order chi connectivity index (χ0) is 15.4. The fourth-order valence-corrected chi connectivity index (χ4v) is 1.66. The second-order valence-electron chi connectivity index (χ2n) is 4.62. The summed E-state index contributed by atoms with van der Waals surface area (Å²) < 4.78 is 1.41. The van der Waals surface area contributed by atoms with E-state index in [0.717, 1.165) is 0 Å². The summed E-state index contributed by atoms with van der Waals surface area (Å²) in [5.41, 5.74) is 12.4. The van der Waals surface area contributed by atoms with Crippen molar-refractivity contribution in [3.63, 3.8) is 0 Å². The first-order valence-corrected chi connectivity index (χ1v) is 6.31. The van der Waals surface area contributed by atoms with Gasteiger partial charge in [0.15, 0.2) is 0 Å². The molecule has 1 atom stereocenters. The summed E-state index contributed by atoms with van der Waals surface area (Å²) in [4.78, 5) is 22.8.